The lowest BCUT2D eigenvalue weighted by molar-refractivity contribution is 0.0980. The first kappa shape index (κ1) is 11.9. The zero-order chi connectivity index (χ0) is 14.6. The van der Waals surface area contributed by atoms with Crippen LogP contribution in [0.1, 0.15) is 31.8 Å². The number of carbonyl (C=O) groups is 2. The molecule has 4 rings (SSSR count). The highest BCUT2D eigenvalue weighted by Crippen LogP contribution is 2.31. The second-order valence-corrected chi connectivity index (χ2v) is 4.91. The van der Waals surface area contributed by atoms with Gasteiger partial charge in [-0.15, -0.1) is 0 Å². The molecule has 1 aromatic heterocycles. The number of benzene rings is 2. The molecule has 4 heteroatoms. The van der Waals surface area contributed by atoms with Crippen molar-refractivity contribution in [2.75, 3.05) is 0 Å². The van der Waals surface area contributed by atoms with Gasteiger partial charge < -0.3 is 0 Å². The van der Waals surface area contributed by atoms with E-state index in [4.69, 9.17) is 0 Å². The maximum atomic E-state index is 13.5. The summed E-state index contributed by atoms with van der Waals surface area (Å²) in [5.74, 6) is -0.978. The van der Waals surface area contributed by atoms with Crippen LogP contribution in [0.15, 0.2) is 48.7 Å². The van der Waals surface area contributed by atoms with Crippen molar-refractivity contribution in [3.05, 3.63) is 76.7 Å². The van der Waals surface area contributed by atoms with E-state index in [1.807, 2.05) is 0 Å². The number of nitrogens with zero attached hydrogens (tertiary/aromatic N) is 1. The van der Waals surface area contributed by atoms with E-state index in [9.17, 15) is 14.0 Å². The van der Waals surface area contributed by atoms with E-state index in [-0.39, 0.29) is 22.7 Å². The summed E-state index contributed by atoms with van der Waals surface area (Å²) in [5.41, 5.74) is 1.69. The number of rotatable bonds is 0. The third-order valence-corrected chi connectivity index (χ3v) is 3.72. The molecule has 21 heavy (non-hydrogen) atoms. The Bertz CT molecular complexity index is 947. The van der Waals surface area contributed by atoms with Crippen LogP contribution in [0, 0.1) is 5.82 Å². The molecule has 0 fully saturated rings. The summed E-state index contributed by atoms with van der Waals surface area (Å²) >= 11 is 0. The highest BCUT2D eigenvalue weighted by molar-refractivity contribution is 6.31. The minimum Gasteiger partial charge on any atom is -0.289 e. The van der Waals surface area contributed by atoms with E-state index in [0.717, 1.165) is 0 Å². The Balaban J connectivity index is 2.13. The molecule has 100 valence electrons. The fraction of sp³-hybridized carbons (Fsp3) is 0. The van der Waals surface area contributed by atoms with E-state index in [0.29, 0.717) is 22.0 Å². The van der Waals surface area contributed by atoms with E-state index >= 15 is 0 Å². The molecule has 0 saturated carbocycles. The van der Waals surface area contributed by atoms with Crippen molar-refractivity contribution in [3.63, 3.8) is 0 Å². The van der Waals surface area contributed by atoms with Gasteiger partial charge in [-0.1, -0.05) is 24.3 Å². The average molecular weight is 277 g/mol. The van der Waals surface area contributed by atoms with Crippen LogP contribution in [0.3, 0.4) is 0 Å². The SMILES string of the molecule is O=C1c2ccccc2C(=O)c2c1cnc1ccc(F)cc21. The van der Waals surface area contributed by atoms with Gasteiger partial charge in [0.1, 0.15) is 5.82 Å². The Hall–Kier alpha value is -2.88. The summed E-state index contributed by atoms with van der Waals surface area (Å²) in [4.78, 5) is 29.3. The molecule has 3 nitrogen and oxygen atoms in total. The van der Waals surface area contributed by atoms with E-state index in [1.54, 1.807) is 24.3 Å². The van der Waals surface area contributed by atoms with Gasteiger partial charge in [0.25, 0.3) is 0 Å². The lowest BCUT2D eigenvalue weighted by atomic mass is 9.83. The number of pyridine rings is 1. The van der Waals surface area contributed by atoms with Gasteiger partial charge in [0, 0.05) is 28.3 Å². The highest BCUT2D eigenvalue weighted by atomic mass is 19.1. The monoisotopic (exact) mass is 277 g/mol. The summed E-state index contributed by atoms with van der Waals surface area (Å²) in [6, 6.07) is 10.7. The van der Waals surface area contributed by atoms with Crippen LogP contribution in [0.4, 0.5) is 4.39 Å². The minimum absolute atomic E-state index is 0.233. The zero-order valence-electron chi connectivity index (χ0n) is 10.8. The molecular weight excluding hydrogens is 269 g/mol. The number of hydrogen-bond donors (Lipinski definition) is 0. The van der Waals surface area contributed by atoms with Crippen molar-refractivity contribution >= 4 is 22.5 Å². The highest BCUT2D eigenvalue weighted by Gasteiger charge is 2.31. The average Bonchev–Trinajstić information content (AvgIpc) is 2.51. The van der Waals surface area contributed by atoms with Crippen LogP contribution in [0.5, 0.6) is 0 Å². The third-order valence-electron chi connectivity index (χ3n) is 3.72. The maximum absolute atomic E-state index is 13.5. The summed E-state index contributed by atoms with van der Waals surface area (Å²) in [6.45, 7) is 0. The molecule has 3 aromatic rings. The molecule has 1 heterocycles. The first-order valence-electron chi connectivity index (χ1n) is 6.43. The molecule has 0 aliphatic heterocycles. The molecule has 0 radical (unpaired) electrons. The Morgan fingerprint density at radius 3 is 2.33 bits per heavy atom. The summed E-state index contributed by atoms with van der Waals surface area (Å²) in [7, 11) is 0. The standard InChI is InChI=1S/C17H8FNO2/c18-9-5-6-14-12(7-9)15-13(8-19-14)16(20)10-3-1-2-4-11(10)17(15)21/h1-8H. The molecule has 2 aromatic carbocycles. The zero-order valence-corrected chi connectivity index (χ0v) is 10.8. The summed E-state index contributed by atoms with van der Waals surface area (Å²) in [6.07, 6.45) is 1.39. The second-order valence-electron chi connectivity index (χ2n) is 4.91. The lowest BCUT2D eigenvalue weighted by Gasteiger charge is -2.18. The fourth-order valence-electron chi connectivity index (χ4n) is 2.74. The number of halogens is 1. The fourth-order valence-corrected chi connectivity index (χ4v) is 2.74. The number of fused-ring (bicyclic) bond motifs is 4. The number of carbonyl (C=O) groups excluding carboxylic acids is 2. The van der Waals surface area contributed by atoms with Crippen molar-refractivity contribution < 1.29 is 14.0 Å². The third kappa shape index (κ3) is 1.56. The molecule has 0 N–H and O–H groups in total. The van der Waals surface area contributed by atoms with Crippen molar-refractivity contribution in [1.29, 1.82) is 0 Å². The van der Waals surface area contributed by atoms with E-state index in [2.05, 4.69) is 4.98 Å². The Morgan fingerprint density at radius 1 is 0.857 bits per heavy atom. The van der Waals surface area contributed by atoms with Gasteiger partial charge in [0.05, 0.1) is 11.1 Å². The topological polar surface area (TPSA) is 47.0 Å². The maximum Gasteiger partial charge on any atom is 0.196 e. The van der Waals surface area contributed by atoms with Gasteiger partial charge in [-0.2, -0.15) is 0 Å². The first-order chi connectivity index (χ1) is 10.2. The van der Waals surface area contributed by atoms with Crippen molar-refractivity contribution in [1.82, 2.24) is 4.98 Å². The number of aromatic nitrogens is 1. The van der Waals surface area contributed by atoms with Crippen molar-refractivity contribution in [2.45, 2.75) is 0 Å². The van der Waals surface area contributed by atoms with Crippen LogP contribution in [0.25, 0.3) is 10.9 Å². The van der Waals surface area contributed by atoms with Crippen LogP contribution in [-0.4, -0.2) is 16.6 Å². The van der Waals surface area contributed by atoms with Crippen LogP contribution in [0.2, 0.25) is 0 Å². The van der Waals surface area contributed by atoms with Gasteiger partial charge in [-0.25, -0.2) is 4.39 Å². The first-order valence-corrected chi connectivity index (χ1v) is 6.43. The van der Waals surface area contributed by atoms with Gasteiger partial charge in [0.15, 0.2) is 11.6 Å². The Morgan fingerprint density at radius 2 is 1.57 bits per heavy atom. The predicted molar refractivity (Wildman–Crippen MR) is 75.0 cm³/mol. The lowest BCUT2D eigenvalue weighted by Crippen LogP contribution is -2.21. The molecule has 1 aliphatic carbocycles. The second kappa shape index (κ2) is 4.06. The summed E-state index contributed by atoms with van der Waals surface area (Å²) < 4.78 is 13.5. The number of hydrogen-bond acceptors (Lipinski definition) is 3. The Kier molecular flexibility index (Phi) is 2.30. The van der Waals surface area contributed by atoms with Crippen LogP contribution >= 0.6 is 0 Å². The van der Waals surface area contributed by atoms with Gasteiger partial charge in [-0.3, -0.25) is 14.6 Å². The number of ketones is 2. The minimum atomic E-state index is -0.461. The summed E-state index contributed by atoms with van der Waals surface area (Å²) in [5, 5.41) is 0.375. The van der Waals surface area contributed by atoms with Gasteiger partial charge >= 0.3 is 0 Å². The molecule has 0 bridgehead atoms. The molecule has 0 spiro atoms. The van der Waals surface area contributed by atoms with E-state index in [1.165, 1.54) is 24.4 Å². The quantitative estimate of drug-likeness (QED) is 0.496. The van der Waals surface area contributed by atoms with Crippen molar-refractivity contribution in [2.24, 2.45) is 0 Å². The predicted octanol–water partition coefficient (Wildman–Crippen LogP) is 3.15. The molecule has 0 unspecified atom stereocenters. The van der Waals surface area contributed by atoms with Crippen molar-refractivity contribution in [3.8, 4) is 0 Å². The van der Waals surface area contributed by atoms with Crippen LogP contribution < -0.4 is 0 Å². The Labute approximate surface area is 119 Å². The molecule has 1 aliphatic rings. The largest absolute Gasteiger partial charge is 0.289 e. The smallest absolute Gasteiger partial charge is 0.196 e. The van der Waals surface area contributed by atoms with Gasteiger partial charge in [-0.05, 0) is 18.2 Å². The van der Waals surface area contributed by atoms with E-state index < -0.39 is 5.82 Å². The molecular formula is C17H8FNO2. The normalized spacial score (nSPS) is 13.2. The molecule has 0 amide bonds. The van der Waals surface area contributed by atoms with Gasteiger partial charge in [0.2, 0.25) is 0 Å². The van der Waals surface area contributed by atoms with Crippen LogP contribution in [-0.2, 0) is 0 Å². The molecule has 0 saturated heterocycles. The molecule has 0 atom stereocenters.